The second kappa shape index (κ2) is 7.09. The van der Waals surface area contributed by atoms with Crippen LogP contribution in [0, 0.1) is 5.92 Å². The van der Waals surface area contributed by atoms with Crippen LogP contribution in [0.4, 0.5) is 0 Å². The molecule has 4 nitrogen and oxygen atoms in total. The molecule has 4 heteroatoms. The van der Waals surface area contributed by atoms with E-state index in [9.17, 15) is 9.59 Å². The fourth-order valence-electron chi connectivity index (χ4n) is 2.00. The number of allylic oxidation sites excluding steroid dienone is 1. The Morgan fingerprint density at radius 3 is 2.06 bits per heavy atom. The summed E-state index contributed by atoms with van der Waals surface area (Å²) in [5.41, 5.74) is 0. The number of rotatable bonds is 4. The molecule has 0 heterocycles. The molecule has 0 radical (unpaired) electrons. The van der Waals surface area contributed by atoms with Gasteiger partial charge in [-0.3, -0.25) is 9.59 Å². The summed E-state index contributed by atoms with van der Waals surface area (Å²) in [6, 6.07) is 0. The van der Waals surface area contributed by atoms with E-state index in [2.05, 4.69) is 0 Å². The summed E-state index contributed by atoms with van der Waals surface area (Å²) < 4.78 is 9.77. The van der Waals surface area contributed by atoms with Crippen molar-refractivity contribution < 1.29 is 19.1 Å². The van der Waals surface area contributed by atoms with Crippen molar-refractivity contribution in [1.82, 2.24) is 0 Å². The highest BCUT2D eigenvalue weighted by atomic mass is 16.7. The molecule has 1 rings (SSSR count). The average molecular weight is 240 g/mol. The quantitative estimate of drug-likeness (QED) is 0.430. The molecule has 1 aliphatic carbocycles. The first-order valence-corrected chi connectivity index (χ1v) is 6.10. The lowest BCUT2D eigenvalue weighted by molar-refractivity contribution is -0.176. The zero-order valence-electron chi connectivity index (χ0n) is 10.5. The standard InChI is InChI=1S/C13H20O4/c1-10(14)16-13(17-11(2)15)9-8-12-6-4-3-5-7-12/h8-9,12-13H,3-7H2,1-2H3. The molecule has 0 aromatic rings. The summed E-state index contributed by atoms with van der Waals surface area (Å²) in [6.45, 7) is 2.59. The molecule has 0 saturated heterocycles. The van der Waals surface area contributed by atoms with Crippen LogP contribution in [-0.4, -0.2) is 18.2 Å². The Morgan fingerprint density at radius 1 is 1.06 bits per heavy atom. The Morgan fingerprint density at radius 2 is 1.59 bits per heavy atom. The van der Waals surface area contributed by atoms with Gasteiger partial charge in [0.2, 0.25) is 0 Å². The lowest BCUT2D eigenvalue weighted by atomic mass is 9.89. The van der Waals surface area contributed by atoms with E-state index in [1.807, 2.05) is 6.08 Å². The number of hydrogen-bond acceptors (Lipinski definition) is 4. The highest BCUT2D eigenvalue weighted by molar-refractivity contribution is 5.68. The van der Waals surface area contributed by atoms with Gasteiger partial charge in [-0.2, -0.15) is 0 Å². The zero-order chi connectivity index (χ0) is 12.7. The van der Waals surface area contributed by atoms with Gasteiger partial charge in [-0.25, -0.2) is 0 Å². The van der Waals surface area contributed by atoms with Gasteiger partial charge < -0.3 is 9.47 Å². The maximum atomic E-state index is 10.8. The molecule has 96 valence electrons. The number of carbonyl (C=O) groups excluding carboxylic acids is 2. The van der Waals surface area contributed by atoms with Gasteiger partial charge in [-0.15, -0.1) is 0 Å². The van der Waals surface area contributed by atoms with Gasteiger partial charge in [0.05, 0.1) is 0 Å². The number of carbonyl (C=O) groups is 2. The predicted octanol–water partition coefficient (Wildman–Crippen LogP) is 2.58. The maximum absolute atomic E-state index is 10.8. The Bertz CT molecular complexity index is 274. The van der Waals surface area contributed by atoms with Crippen LogP contribution in [-0.2, 0) is 19.1 Å². The van der Waals surface area contributed by atoms with E-state index in [4.69, 9.17) is 9.47 Å². The molecule has 1 fully saturated rings. The smallest absolute Gasteiger partial charge is 0.305 e. The van der Waals surface area contributed by atoms with Crippen molar-refractivity contribution in [3.05, 3.63) is 12.2 Å². The van der Waals surface area contributed by atoms with Crippen molar-refractivity contribution in [3.8, 4) is 0 Å². The van der Waals surface area contributed by atoms with Crippen molar-refractivity contribution in [2.24, 2.45) is 5.92 Å². The van der Waals surface area contributed by atoms with E-state index in [0.717, 1.165) is 12.8 Å². The van der Waals surface area contributed by atoms with Crippen LogP contribution >= 0.6 is 0 Å². The molecule has 0 bridgehead atoms. The number of ether oxygens (including phenoxy) is 2. The third kappa shape index (κ3) is 6.09. The van der Waals surface area contributed by atoms with E-state index in [1.165, 1.54) is 33.1 Å². The van der Waals surface area contributed by atoms with E-state index in [0.29, 0.717) is 5.92 Å². The fraction of sp³-hybridized carbons (Fsp3) is 0.692. The summed E-state index contributed by atoms with van der Waals surface area (Å²) >= 11 is 0. The molecule has 0 spiro atoms. The summed E-state index contributed by atoms with van der Waals surface area (Å²) in [5.74, 6) is -0.397. The van der Waals surface area contributed by atoms with Crippen LogP contribution in [0.1, 0.15) is 46.0 Å². The van der Waals surface area contributed by atoms with Gasteiger partial charge in [0.1, 0.15) is 0 Å². The van der Waals surface area contributed by atoms with Crippen molar-refractivity contribution in [2.45, 2.75) is 52.2 Å². The van der Waals surface area contributed by atoms with Crippen molar-refractivity contribution in [3.63, 3.8) is 0 Å². The minimum Gasteiger partial charge on any atom is -0.421 e. The molecule has 0 N–H and O–H groups in total. The van der Waals surface area contributed by atoms with Crippen LogP contribution in [0.2, 0.25) is 0 Å². The Kier molecular flexibility index (Phi) is 5.73. The van der Waals surface area contributed by atoms with Crippen LogP contribution in [0.25, 0.3) is 0 Å². The van der Waals surface area contributed by atoms with E-state index >= 15 is 0 Å². The third-order valence-electron chi connectivity index (χ3n) is 2.75. The fourth-order valence-corrected chi connectivity index (χ4v) is 2.00. The second-order valence-electron chi connectivity index (χ2n) is 4.37. The lowest BCUT2D eigenvalue weighted by Crippen LogP contribution is -2.20. The molecule has 0 atom stereocenters. The van der Waals surface area contributed by atoms with Crippen LogP contribution in [0.5, 0.6) is 0 Å². The largest absolute Gasteiger partial charge is 0.421 e. The lowest BCUT2D eigenvalue weighted by Gasteiger charge is -2.19. The maximum Gasteiger partial charge on any atom is 0.305 e. The monoisotopic (exact) mass is 240 g/mol. The Hall–Kier alpha value is -1.32. The van der Waals surface area contributed by atoms with Gasteiger partial charge in [0.15, 0.2) is 0 Å². The summed E-state index contributed by atoms with van der Waals surface area (Å²) in [5, 5.41) is 0. The molecule has 1 saturated carbocycles. The SMILES string of the molecule is CC(=O)OC(C=CC1CCCCC1)OC(C)=O. The first-order chi connectivity index (χ1) is 8.08. The number of esters is 2. The molecular formula is C13H20O4. The van der Waals surface area contributed by atoms with Gasteiger partial charge in [0.25, 0.3) is 6.29 Å². The molecule has 0 amide bonds. The highest BCUT2D eigenvalue weighted by Crippen LogP contribution is 2.24. The zero-order valence-corrected chi connectivity index (χ0v) is 10.5. The molecule has 0 unspecified atom stereocenters. The average Bonchev–Trinajstić information content (AvgIpc) is 2.26. The highest BCUT2D eigenvalue weighted by Gasteiger charge is 2.14. The summed E-state index contributed by atoms with van der Waals surface area (Å²) in [6.07, 6.45) is 8.86. The Labute approximate surface area is 102 Å². The first-order valence-electron chi connectivity index (χ1n) is 6.10. The minimum absolute atomic E-state index is 0.454. The van der Waals surface area contributed by atoms with E-state index < -0.39 is 18.2 Å². The van der Waals surface area contributed by atoms with Gasteiger partial charge >= 0.3 is 11.9 Å². The van der Waals surface area contributed by atoms with E-state index in [-0.39, 0.29) is 0 Å². The first kappa shape index (κ1) is 13.7. The van der Waals surface area contributed by atoms with Gasteiger partial charge in [-0.05, 0) is 24.8 Å². The molecule has 0 aliphatic heterocycles. The van der Waals surface area contributed by atoms with Crippen LogP contribution in [0.15, 0.2) is 12.2 Å². The Balaban J connectivity index is 2.47. The predicted molar refractivity (Wildman–Crippen MR) is 63.0 cm³/mol. The summed E-state index contributed by atoms with van der Waals surface area (Å²) in [7, 11) is 0. The molecule has 0 aromatic carbocycles. The molecule has 0 aromatic heterocycles. The van der Waals surface area contributed by atoms with Gasteiger partial charge in [0, 0.05) is 13.8 Å². The molecule has 1 aliphatic rings. The van der Waals surface area contributed by atoms with E-state index in [1.54, 1.807) is 6.08 Å². The molecular weight excluding hydrogens is 220 g/mol. The van der Waals surface area contributed by atoms with Crippen LogP contribution < -0.4 is 0 Å². The second-order valence-corrected chi connectivity index (χ2v) is 4.37. The topological polar surface area (TPSA) is 52.6 Å². The molecule has 17 heavy (non-hydrogen) atoms. The minimum atomic E-state index is -0.882. The number of hydrogen-bond donors (Lipinski definition) is 0. The van der Waals surface area contributed by atoms with Gasteiger partial charge in [-0.1, -0.05) is 25.3 Å². The summed E-state index contributed by atoms with van der Waals surface area (Å²) in [4.78, 5) is 21.7. The third-order valence-corrected chi connectivity index (χ3v) is 2.75. The van der Waals surface area contributed by atoms with Crippen molar-refractivity contribution >= 4 is 11.9 Å². The van der Waals surface area contributed by atoms with Crippen molar-refractivity contribution in [1.29, 1.82) is 0 Å². The normalized spacial score (nSPS) is 17.4. The van der Waals surface area contributed by atoms with Crippen molar-refractivity contribution in [2.75, 3.05) is 0 Å². The van der Waals surface area contributed by atoms with Crippen LogP contribution in [0.3, 0.4) is 0 Å².